The van der Waals surface area contributed by atoms with E-state index >= 15 is 0 Å². The van der Waals surface area contributed by atoms with Crippen LogP contribution in [0.25, 0.3) is 0 Å². The summed E-state index contributed by atoms with van der Waals surface area (Å²) in [6.45, 7) is 3.84. The molecule has 2 heterocycles. The van der Waals surface area contributed by atoms with Crippen molar-refractivity contribution in [2.75, 3.05) is 0 Å². The third-order valence-electron chi connectivity index (χ3n) is 2.73. The summed E-state index contributed by atoms with van der Waals surface area (Å²) in [6.07, 6.45) is -0.679. The summed E-state index contributed by atoms with van der Waals surface area (Å²) >= 11 is 7.48. The monoisotopic (exact) mass is 256 g/mol. The second-order valence-corrected chi connectivity index (χ2v) is 5.10. The summed E-state index contributed by atoms with van der Waals surface area (Å²) in [5.74, 6) is 0. The molecule has 0 aliphatic carbocycles. The lowest BCUT2D eigenvalue weighted by Gasteiger charge is -2.10. The molecule has 2 aromatic rings. The molecule has 16 heavy (non-hydrogen) atoms. The highest BCUT2D eigenvalue weighted by atomic mass is 35.5. The van der Waals surface area contributed by atoms with E-state index in [1.807, 2.05) is 26.3 Å². The van der Waals surface area contributed by atoms with E-state index in [1.165, 1.54) is 11.3 Å². The van der Waals surface area contributed by atoms with Gasteiger partial charge in [-0.15, -0.1) is 11.3 Å². The van der Waals surface area contributed by atoms with Crippen LogP contribution in [-0.4, -0.2) is 14.9 Å². The fourth-order valence-corrected chi connectivity index (χ4v) is 2.97. The predicted molar refractivity (Wildman–Crippen MR) is 66.1 cm³/mol. The van der Waals surface area contributed by atoms with Crippen LogP contribution in [0, 0.1) is 13.8 Å². The summed E-state index contributed by atoms with van der Waals surface area (Å²) in [5, 5.41) is 17.1. The number of thiophene rings is 1. The summed E-state index contributed by atoms with van der Waals surface area (Å²) in [5.41, 5.74) is 2.67. The smallest absolute Gasteiger partial charge is 0.118 e. The van der Waals surface area contributed by atoms with E-state index in [-0.39, 0.29) is 0 Å². The molecule has 0 radical (unpaired) electrons. The number of aliphatic hydroxyl groups excluding tert-OH is 1. The molecule has 0 saturated carbocycles. The van der Waals surface area contributed by atoms with E-state index in [0.29, 0.717) is 5.02 Å². The van der Waals surface area contributed by atoms with Gasteiger partial charge >= 0.3 is 0 Å². The third kappa shape index (κ3) is 1.77. The highest BCUT2D eigenvalue weighted by Crippen LogP contribution is 2.35. The quantitative estimate of drug-likeness (QED) is 0.897. The van der Waals surface area contributed by atoms with Crippen molar-refractivity contribution >= 4 is 22.9 Å². The molecule has 1 atom stereocenters. The number of nitrogens with zero attached hydrogens (tertiary/aromatic N) is 2. The maximum atomic E-state index is 10.3. The first-order valence-corrected chi connectivity index (χ1v) is 6.19. The van der Waals surface area contributed by atoms with E-state index in [0.717, 1.165) is 21.8 Å². The maximum Gasteiger partial charge on any atom is 0.118 e. The topological polar surface area (TPSA) is 38.0 Å². The second kappa shape index (κ2) is 4.20. The molecule has 0 aliphatic rings. The van der Waals surface area contributed by atoms with E-state index in [1.54, 1.807) is 10.7 Å². The molecule has 0 saturated heterocycles. The minimum atomic E-state index is -0.679. The molecule has 2 aromatic heterocycles. The Morgan fingerprint density at radius 2 is 2.19 bits per heavy atom. The van der Waals surface area contributed by atoms with Crippen molar-refractivity contribution in [1.82, 2.24) is 9.78 Å². The molecular formula is C11H13ClN2OS. The molecule has 2 rings (SSSR count). The Kier molecular flexibility index (Phi) is 3.06. The molecular weight excluding hydrogens is 244 g/mol. The van der Waals surface area contributed by atoms with Crippen molar-refractivity contribution in [2.45, 2.75) is 20.0 Å². The van der Waals surface area contributed by atoms with Crippen LogP contribution in [0.1, 0.15) is 27.9 Å². The summed E-state index contributed by atoms with van der Waals surface area (Å²) in [4.78, 5) is 0.779. The Balaban J connectivity index is 2.49. The number of rotatable bonds is 2. The van der Waals surface area contributed by atoms with Gasteiger partial charge in [0.25, 0.3) is 0 Å². The van der Waals surface area contributed by atoms with E-state index in [9.17, 15) is 5.11 Å². The first kappa shape index (κ1) is 11.6. The number of halogens is 1. The van der Waals surface area contributed by atoms with Crippen molar-refractivity contribution in [3.8, 4) is 0 Å². The fourth-order valence-electron chi connectivity index (χ4n) is 1.82. The van der Waals surface area contributed by atoms with Gasteiger partial charge in [-0.1, -0.05) is 11.6 Å². The molecule has 0 fully saturated rings. The number of hydrogen-bond acceptors (Lipinski definition) is 3. The normalized spacial score (nSPS) is 13.1. The van der Waals surface area contributed by atoms with E-state index < -0.39 is 6.10 Å². The maximum absolute atomic E-state index is 10.3. The molecule has 0 bridgehead atoms. The van der Waals surface area contributed by atoms with Crippen LogP contribution in [0.4, 0.5) is 0 Å². The lowest BCUT2D eigenvalue weighted by molar-refractivity contribution is 0.222. The lowest BCUT2D eigenvalue weighted by Crippen LogP contribution is -2.01. The summed E-state index contributed by atoms with van der Waals surface area (Å²) in [6, 6.07) is 1.80. The number of hydrogen-bond donors (Lipinski definition) is 1. The Hall–Kier alpha value is -0.840. The van der Waals surface area contributed by atoms with Crippen LogP contribution in [0.2, 0.25) is 5.02 Å². The average molecular weight is 257 g/mol. The molecule has 1 unspecified atom stereocenters. The average Bonchev–Trinajstić information content (AvgIpc) is 2.73. The van der Waals surface area contributed by atoms with Gasteiger partial charge in [-0.3, -0.25) is 4.68 Å². The molecule has 0 spiro atoms. The largest absolute Gasteiger partial charge is 0.383 e. The van der Waals surface area contributed by atoms with Gasteiger partial charge in [0.05, 0.1) is 15.6 Å². The molecule has 5 heteroatoms. The summed E-state index contributed by atoms with van der Waals surface area (Å²) < 4.78 is 1.77. The Bertz CT molecular complexity index is 518. The van der Waals surface area contributed by atoms with E-state index in [4.69, 9.17) is 11.6 Å². The van der Waals surface area contributed by atoms with Crippen molar-refractivity contribution < 1.29 is 5.11 Å². The Morgan fingerprint density at radius 1 is 1.50 bits per heavy atom. The van der Waals surface area contributed by atoms with Crippen LogP contribution in [-0.2, 0) is 7.05 Å². The number of aromatic nitrogens is 2. The highest BCUT2D eigenvalue weighted by molar-refractivity contribution is 7.10. The van der Waals surface area contributed by atoms with Gasteiger partial charge in [0.2, 0.25) is 0 Å². The van der Waals surface area contributed by atoms with Crippen molar-refractivity contribution in [1.29, 1.82) is 0 Å². The van der Waals surface area contributed by atoms with E-state index in [2.05, 4.69) is 5.10 Å². The minimum absolute atomic E-state index is 0.611. The zero-order chi connectivity index (χ0) is 11.9. The van der Waals surface area contributed by atoms with Gasteiger partial charge in [0.15, 0.2) is 0 Å². The highest BCUT2D eigenvalue weighted by Gasteiger charge is 2.22. The number of aliphatic hydroxyl groups is 1. The van der Waals surface area contributed by atoms with Gasteiger partial charge in [0, 0.05) is 18.3 Å². The molecule has 1 N–H and O–H groups in total. The van der Waals surface area contributed by atoms with Crippen LogP contribution < -0.4 is 0 Å². The third-order valence-corrected chi connectivity index (χ3v) is 4.14. The van der Waals surface area contributed by atoms with Crippen LogP contribution in [0.3, 0.4) is 0 Å². The molecule has 3 nitrogen and oxygen atoms in total. The molecule has 0 amide bonds. The van der Waals surface area contributed by atoms with Crippen LogP contribution in [0.5, 0.6) is 0 Å². The zero-order valence-corrected chi connectivity index (χ0v) is 10.9. The zero-order valence-electron chi connectivity index (χ0n) is 9.36. The fraction of sp³-hybridized carbons (Fsp3) is 0.364. The van der Waals surface area contributed by atoms with Crippen LogP contribution >= 0.6 is 22.9 Å². The Morgan fingerprint density at radius 3 is 2.62 bits per heavy atom. The minimum Gasteiger partial charge on any atom is -0.383 e. The van der Waals surface area contributed by atoms with Crippen LogP contribution in [0.15, 0.2) is 11.4 Å². The molecule has 0 aliphatic heterocycles. The Labute approximate surface area is 103 Å². The first-order valence-electron chi connectivity index (χ1n) is 4.93. The van der Waals surface area contributed by atoms with Gasteiger partial charge < -0.3 is 5.11 Å². The summed E-state index contributed by atoms with van der Waals surface area (Å²) in [7, 11) is 1.87. The standard InChI is InChI=1S/C11H13ClN2OS/c1-6-9(7(2)14(3)13-6)10(15)11-8(12)4-5-16-11/h4-5,10,15H,1-3H3. The van der Waals surface area contributed by atoms with Gasteiger partial charge in [0.1, 0.15) is 6.10 Å². The molecule has 0 aromatic carbocycles. The molecule has 86 valence electrons. The van der Waals surface area contributed by atoms with Gasteiger partial charge in [-0.25, -0.2) is 0 Å². The second-order valence-electron chi connectivity index (χ2n) is 3.74. The van der Waals surface area contributed by atoms with Crippen molar-refractivity contribution in [3.63, 3.8) is 0 Å². The first-order chi connectivity index (χ1) is 7.52. The van der Waals surface area contributed by atoms with Gasteiger partial charge in [-0.2, -0.15) is 5.10 Å². The number of aryl methyl sites for hydroxylation is 2. The van der Waals surface area contributed by atoms with Crippen molar-refractivity contribution in [2.24, 2.45) is 7.05 Å². The van der Waals surface area contributed by atoms with Gasteiger partial charge in [-0.05, 0) is 25.3 Å². The van der Waals surface area contributed by atoms with Crippen molar-refractivity contribution in [3.05, 3.63) is 38.3 Å². The lowest BCUT2D eigenvalue weighted by atomic mass is 10.1. The SMILES string of the molecule is Cc1nn(C)c(C)c1C(O)c1sccc1Cl. The predicted octanol–water partition coefficient (Wildman–Crippen LogP) is 2.83.